The highest BCUT2D eigenvalue weighted by molar-refractivity contribution is 6.02. The Labute approximate surface area is 284 Å². The van der Waals surface area contributed by atoms with Crippen LogP contribution in [0.4, 0.5) is 5.69 Å². The summed E-state index contributed by atoms with van der Waals surface area (Å²) < 4.78 is 0. The maximum absolute atomic E-state index is 4.82. The van der Waals surface area contributed by atoms with E-state index in [9.17, 15) is 0 Å². The van der Waals surface area contributed by atoms with Crippen LogP contribution in [0.2, 0.25) is 0 Å². The van der Waals surface area contributed by atoms with Gasteiger partial charge in [0.2, 0.25) is 0 Å². The van der Waals surface area contributed by atoms with Gasteiger partial charge in [-0.3, -0.25) is 4.99 Å². The van der Waals surface area contributed by atoms with Crippen LogP contribution in [-0.4, -0.2) is 24.7 Å². The number of rotatable bonds is 9. The summed E-state index contributed by atoms with van der Waals surface area (Å²) in [6.45, 7) is 36.0. The third kappa shape index (κ3) is 33.6. The van der Waals surface area contributed by atoms with Crippen molar-refractivity contribution in [3.05, 3.63) is 110 Å². The molecule has 2 nitrogen and oxygen atoms in total. The highest BCUT2D eigenvalue weighted by Gasteiger charge is 2.06. The van der Waals surface area contributed by atoms with E-state index in [2.05, 4.69) is 112 Å². The molecule has 258 valence electrons. The molecule has 0 bridgehead atoms. The molecule has 0 radical (unpaired) electrons. The van der Waals surface area contributed by atoms with Gasteiger partial charge in [0.05, 0.1) is 5.69 Å². The van der Waals surface area contributed by atoms with Crippen LogP contribution in [-0.2, 0) is 0 Å². The van der Waals surface area contributed by atoms with Crippen LogP contribution in [0.25, 0.3) is 5.57 Å². The first-order chi connectivity index (χ1) is 21.0. The van der Waals surface area contributed by atoms with Crippen molar-refractivity contribution >= 4 is 17.0 Å². The second-order valence-electron chi connectivity index (χ2n) is 11.0. The van der Waals surface area contributed by atoms with Crippen molar-refractivity contribution in [2.24, 2.45) is 10.9 Å². The van der Waals surface area contributed by atoms with Crippen LogP contribution < -0.4 is 0 Å². The third-order valence-electron chi connectivity index (χ3n) is 6.36. The Morgan fingerprint density at radius 2 is 1.51 bits per heavy atom. The van der Waals surface area contributed by atoms with Crippen molar-refractivity contribution in [1.29, 1.82) is 0 Å². The van der Waals surface area contributed by atoms with Gasteiger partial charge in [-0.15, -0.1) is 19.7 Å². The highest BCUT2D eigenvalue weighted by atomic mass is 15.0. The van der Waals surface area contributed by atoms with Gasteiger partial charge in [0, 0.05) is 19.8 Å². The predicted molar refractivity (Wildman–Crippen MR) is 216 cm³/mol. The summed E-state index contributed by atoms with van der Waals surface area (Å²) in [5.41, 5.74) is 6.89. The Morgan fingerprint density at radius 3 is 1.84 bits per heavy atom. The zero-order valence-corrected chi connectivity index (χ0v) is 31.1. The van der Waals surface area contributed by atoms with Gasteiger partial charge in [-0.1, -0.05) is 149 Å². The fraction of sp³-hybridized carbons (Fsp3) is 0.512. The summed E-state index contributed by atoms with van der Waals surface area (Å²) >= 11 is 0. The number of aryl methyl sites for hydroxylation is 1. The van der Waals surface area contributed by atoms with E-state index in [1.165, 1.54) is 61.6 Å². The number of aliphatic imine (C=N–C) groups is 1. The minimum atomic E-state index is 0. The van der Waals surface area contributed by atoms with E-state index in [-0.39, 0.29) is 7.43 Å². The van der Waals surface area contributed by atoms with Crippen LogP contribution in [0.1, 0.15) is 132 Å². The summed E-state index contributed by atoms with van der Waals surface area (Å²) in [6.07, 6.45) is 25.9. The fourth-order valence-corrected chi connectivity index (χ4v) is 3.75. The van der Waals surface area contributed by atoms with Crippen LogP contribution >= 0.6 is 0 Å². The van der Waals surface area contributed by atoms with Gasteiger partial charge in [0.1, 0.15) is 0 Å². The number of benzene rings is 1. The summed E-state index contributed by atoms with van der Waals surface area (Å²) in [6, 6.07) is 6.48. The lowest BCUT2D eigenvalue weighted by Gasteiger charge is -2.15. The van der Waals surface area contributed by atoms with Gasteiger partial charge in [-0.25, -0.2) is 0 Å². The van der Waals surface area contributed by atoms with Crippen LogP contribution in [0.5, 0.6) is 0 Å². The molecule has 1 aromatic rings. The predicted octanol–water partition coefficient (Wildman–Crippen LogP) is 14.7. The molecular weight excluding hydrogens is 544 g/mol. The number of unbranched alkanes of at least 4 members (excludes halogenated alkanes) is 1. The molecule has 0 amide bonds. The average Bonchev–Trinajstić information content (AvgIpc) is 3.02. The lowest BCUT2D eigenvalue weighted by Crippen LogP contribution is -1.99. The molecule has 1 aromatic carbocycles. The Kier molecular flexibility index (Phi) is 44.5. The normalized spacial score (nSPS) is 12.7. The Morgan fingerprint density at radius 1 is 0.978 bits per heavy atom. The van der Waals surface area contributed by atoms with Crippen molar-refractivity contribution in [3.8, 4) is 0 Å². The fourth-order valence-electron chi connectivity index (χ4n) is 3.75. The van der Waals surface area contributed by atoms with Crippen molar-refractivity contribution in [2.45, 2.75) is 128 Å². The monoisotopic (exact) mass is 621 g/mol. The molecule has 0 atom stereocenters. The largest absolute Gasteiger partial charge is 0.384 e. The Balaban J connectivity index is -0.000000188. The lowest BCUT2D eigenvalue weighted by atomic mass is 9.91. The third-order valence-corrected chi connectivity index (χ3v) is 6.36. The number of hydrogen-bond donors (Lipinski definition) is 0. The molecule has 0 unspecified atom stereocenters. The molecule has 1 fully saturated rings. The van der Waals surface area contributed by atoms with E-state index in [0.717, 1.165) is 35.7 Å². The molecule has 1 aliphatic carbocycles. The van der Waals surface area contributed by atoms with Crippen LogP contribution in [0.3, 0.4) is 0 Å². The van der Waals surface area contributed by atoms with Crippen molar-refractivity contribution in [3.63, 3.8) is 0 Å². The standard InChI is InChI=1S/C21H27N.C7H14.C5H10.C4H9N.C3H8.C2H4.CH4/c1-7-10-12-19(9-3)18(6)22-21-15-20(14-13-17(21)5)16(4)11-8-2;1-7-5-3-2-4-6-7;1-3-5-4-2;1-4-5(2)3;1-3-2;1-2;/h7,9-15H,1,8H2,2-6H3;7H,2-6H2,1H3;3H,1,4-5H2,2H3;4H,1H2,2-3H3;3H2,1-2H3;1-2H2;1H4/b12-10-,16-11+,19-9+,22-18?;;;;;;. The van der Waals surface area contributed by atoms with Gasteiger partial charge in [-0.05, 0) is 81.0 Å². The zero-order valence-electron chi connectivity index (χ0n) is 31.1. The smallest absolute Gasteiger partial charge is 0.0668 e. The first-order valence-corrected chi connectivity index (χ1v) is 16.7. The van der Waals surface area contributed by atoms with E-state index in [1.807, 2.05) is 51.1 Å². The van der Waals surface area contributed by atoms with Gasteiger partial charge >= 0.3 is 0 Å². The molecular formula is C43H76N2. The molecule has 2 rings (SSSR count). The van der Waals surface area contributed by atoms with E-state index in [0.29, 0.717) is 0 Å². The topological polar surface area (TPSA) is 15.6 Å². The molecule has 1 saturated carbocycles. The summed E-state index contributed by atoms with van der Waals surface area (Å²) in [5, 5.41) is 0. The Hall–Kier alpha value is -3.13. The van der Waals surface area contributed by atoms with E-state index < -0.39 is 0 Å². The summed E-state index contributed by atoms with van der Waals surface area (Å²) in [7, 11) is 3.88. The summed E-state index contributed by atoms with van der Waals surface area (Å²) in [4.78, 5) is 6.71. The second-order valence-corrected chi connectivity index (χ2v) is 11.0. The van der Waals surface area contributed by atoms with Gasteiger partial charge < -0.3 is 4.90 Å². The van der Waals surface area contributed by atoms with Crippen molar-refractivity contribution < 1.29 is 0 Å². The molecule has 0 N–H and O–H groups in total. The van der Waals surface area contributed by atoms with E-state index in [4.69, 9.17) is 4.99 Å². The summed E-state index contributed by atoms with van der Waals surface area (Å²) in [5.74, 6) is 1.04. The molecule has 0 saturated heterocycles. The van der Waals surface area contributed by atoms with E-state index >= 15 is 0 Å². The molecule has 0 heterocycles. The van der Waals surface area contributed by atoms with E-state index in [1.54, 1.807) is 12.3 Å². The molecule has 45 heavy (non-hydrogen) atoms. The van der Waals surface area contributed by atoms with Gasteiger partial charge in [0.25, 0.3) is 0 Å². The zero-order chi connectivity index (χ0) is 34.8. The maximum Gasteiger partial charge on any atom is 0.0668 e. The second kappa shape index (κ2) is 38.9. The van der Waals surface area contributed by atoms with Crippen molar-refractivity contribution in [1.82, 2.24) is 4.90 Å². The minimum absolute atomic E-state index is 0. The average molecular weight is 621 g/mol. The minimum Gasteiger partial charge on any atom is -0.384 e. The number of hydrogen-bond acceptors (Lipinski definition) is 2. The Bertz CT molecular complexity index is 950. The lowest BCUT2D eigenvalue weighted by molar-refractivity contribution is 0.385. The van der Waals surface area contributed by atoms with Crippen molar-refractivity contribution in [2.75, 3.05) is 14.1 Å². The quantitative estimate of drug-likeness (QED) is 0.152. The first kappa shape index (κ1) is 51.4. The number of nitrogens with zero attached hydrogens (tertiary/aromatic N) is 2. The van der Waals surface area contributed by atoms with Gasteiger partial charge in [0.15, 0.2) is 0 Å². The molecule has 0 aromatic heterocycles. The highest BCUT2D eigenvalue weighted by Crippen LogP contribution is 2.26. The number of allylic oxidation sites excluding steroid dienone is 8. The SMILES string of the molecule is C.C=C.C=C/C=C\C(=C/C)C(C)=Nc1cc(/C(C)=C/CC)ccc1C.C=CCCC.C=CN(C)C.CC1CCCCC1.CCC. The first-order valence-electron chi connectivity index (χ1n) is 16.7. The maximum atomic E-state index is 4.82. The molecule has 0 aliphatic heterocycles. The molecule has 1 aliphatic rings. The molecule has 0 spiro atoms. The molecule has 2 heteroatoms. The van der Waals surface area contributed by atoms with Crippen LogP contribution in [0.15, 0.2) is 104 Å². The van der Waals surface area contributed by atoms with Gasteiger partial charge in [-0.2, -0.15) is 0 Å². The van der Waals surface area contributed by atoms with Crippen LogP contribution in [0, 0.1) is 12.8 Å².